The fourth-order valence-corrected chi connectivity index (χ4v) is 3.57. The molecule has 0 bridgehead atoms. The molecule has 0 aliphatic carbocycles. The van der Waals surface area contributed by atoms with E-state index in [2.05, 4.69) is 15.5 Å². The van der Waals surface area contributed by atoms with E-state index in [1.165, 1.54) is 24.5 Å². The Labute approximate surface area is 174 Å². The number of thioether (sulfide) groups is 1. The fraction of sp³-hybridized carbons (Fsp3) is 0.0952. The van der Waals surface area contributed by atoms with Crippen LogP contribution in [0.5, 0.6) is 0 Å². The molecule has 0 aliphatic rings. The first-order valence-electron chi connectivity index (χ1n) is 9.00. The molecule has 152 valence electrons. The van der Waals surface area contributed by atoms with Crippen molar-refractivity contribution in [2.75, 3.05) is 5.75 Å². The first-order valence-corrected chi connectivity index (χ1v) is 9.98. The Balaban J connectivity index is 1.59. The van der Waals surface area contributed by atoms with Crippen LogP contribution in [0.4, 0.5) is 8.78 Å². The molecular formula is C21H16F2N4O2S. The van der Waals surface area contributed by atoms with Gasteiger partial charge in [-0.15, -0.1) is 10.2 Å². The largest absolute Gasteiger partial charge is 0.467 e. The third-order valence-corrected chi connectivity index (χ3v) is 5.13. The van der Waals surface area contributed by atoms with Gasteiger partial charge in [0.1, 0.15) is 17.4 Å². The first-order chi connectivity index (χ1) is 14.6. The Morgan fingerprint density at radius 3 is 2.57 bits per heavy atom. The van der Waals surface area contributed by atoms with Crippen molar-refractivity contribution in [2.24, 2.45) is 0 Å². The molecular weight excluding hydrogens is 410 g/mol. The van der Waals surface area contributed by atoms with Crippen molar-refractivity contribution in [3.63, 3.8) is 0 Å². The summed E-state index contributed by atoms with van der Waals surface area (Å²) >= 11 is 1.14. The van der Waals surface area contributed by atoms with Crippen molar-refractivity contribution in [3.8, 4) is 17.1 Å². The topological polar surface area (TPSA) is 73.0 Å². The molecule has 0 saturated carbocycles. The molecule has 4 rings (SSSR count). The van der Waals surface area contributed by atoms with E-state index in [4.69, 9.17) is 4.42 Å². The van der Waals surface area contributed by atoms with E-state index < -0.39 is 11.6 Å². The zero-order valence-electron chi connectivity index (χ0n) is 15.6. The van der Waals surface area contributed by atoms with Crippen LogP contribution < -0.4 is 5.32 Å². The number of amides is 1. The van der Waals surface area contributed by atoms with E-state index >= 15 is 0 Å². The van der Waals surface area contributed by atoms with Gasteiger partial charge in [0.15, 0.2) is 11.0 Å². The third-order valence-electron chi connectivity index (χ3n) is 4.21. The summed E-state index contributed by atoms with van der Waals surface area (Å²) in [5.74, 6) is -0.107. The minimum absolute atomic E-state index is 0.0668. The number of nitrogens with zero attached hydrogens (tertiary/aromatic N) is 3. The zero-order valence-corrected chi connectivity index (χ0v) is 16.4. The number of carbonyl (C=O) groups excluding carboxylic acids is 1. The van der Waals surface area contributed by atoms with Gasteiger partial charge in [0.05, 0.1) is 24.1 Å². The van der Waals surface area contributed by atoms with E-state index in [0.717, 1.165) is 11.8 Å². The third kappa shape index (κ3) is 4.41. The van der Waals surface area contributed by atoms with Crippen molar-refractivity contribution in [2.45, 2.75) is 11.7 Å². The molecule has 0 saturated heterocycles. The molecule has 0 spiro atoms. The van der Waals surface area contributed by atoms with Crippen LogP contribution in [-0.4, -0.2) is 26.4 Å². The number of aromatic nitrogens is 3. The molecule has 1 amide bonds. The van der Waals surface area contributed by atoms with Crippen LogP contribution in [0.3, 0.4) is 0 Å². The van der Waals surface area contributed by atoms with Gasteiger partial charge in [-0.05, 0) is 48.5 Å². The highest BCUT2D eigenvalue weighted by molar-refractivity contribution is 7.99. The van der Waals surface area contributed by atoms with Crippen molar-refractivity contribution in [1.82, 2.24) is 20.1 Å². The van der Waals surface area contributed by atoms with Gasteiger partial charge >= 0.3 is 0 Å². The van der Waals surface area contributed by atoms with E-state index in [-0.39, 0.29) is 29.6 Å². The maximum atomic E-state index is 14.4. The molecule has 0 unspecified atom stereocenters. The summed E-state index contributed by atoms with van der Waals surface area (Å²) in [6.07, 6.45) is 1.53. The number of rotatable bonds is 7. The molecule has 4 aromatic rings. The van der Waals surface area contributed by atoms with Crippen LogP contribution in [0.15, 0.2) is 76.5 Å². The summed E-state index contributed by atoms with van der Waals surface area (Å²) in [5.41, 5.74) is 0.807. The molecule has 0 fully saturated rings. The highest BCUT2D eigenvalue weighted by atomic mass is 32.2. The summed E-state index contributed by atoms with van der Waals surface area (Å²) in [5, 5.41) is 11.4. The first kappa shape index (κ1) is 19.8. The molecule has 2 aromatic carbocycles. The average Bonchev–Trinajstić information content (AvgIpc) is 3.42. The Morgan fingerprint density at radius 1 is 1.03 bits per heavy atom. The second-order valence-corrected chi connectivity index (χ2v) is 7.19. The molecule has 0 atom stereocenters. The van der Waals surface area contributed by atoms with Crippen molar-refractivity contribution >= 4 is 17.7 Å². The molecule has 2 heterocycles. The van der Waals surface area contributed by atoms with Crippen LogP contribution in [0.25, 0.3) is 17.1 Å². The molecule has 9 heteroatoms. The van der Waals surface area contributed by atoms with Gasteiger partial charge in [0, 0.05) is 5.69 Å². The lowest BCUT2D eigenvalue weighted by Crippen LogP contribution is -2.24. The summed E-state index contributed by atoms with van der Waals surface area (Å²) in [6.45, 7) is 0.275. The Hall–Kier alpha value is -3.46. The van der Waals surface area contributed by atoms with Crippen LogP contribution >= 0.6 is 11.8 Å². The minimum Gasteiger partial charge on any atom is -0.467 e. The number of carbonyl (C=O) groups is 1. The molecule has 2 aromatic heterocycles. The van der Waals surface area contributed by atoms with Crippen molar-refractivity contribution < 1.29 is 18.0 Å². The Bertz CT molecular complexity index is 1140. The Kier molecular flexibility index (Phi) is 5.89. The van der Waals surface area contributed by atoms with Crippen LogP contribution in [0.2, 0.25) is 0 Å². The number of halogens is 2. The number of benzene rings is 2. The number of hydrogen-bond donors (Lipinski definition) is 1. The van der Waals surface area contributed by atoms with Crippen LogP contribution in [-0.2, 0) is 11.3 Å². The van der Waals surface area contributed by atoms with Crippen molar-refractivity contribution in [1.29, 1.82) is 0 Å². The summed E-state index contributed by atoms with van der Waals surface area (Å²) in [4.78, 5) is 12.2. The fourth-order valence-electron chi connectivity index (χ4n) is 2.78. The number of nitrogens with one attached hydrogen (secondary N) is 1. The van der Waals surface area contributed by atoms with Gasteiger partial charge in [-0.1, -0.05) is 23.9 Å². The summed E-state index contributed by atoms with van der Waals surface area (Å²) in [6, 6.07) is 15.4. The predicted octanol–water partition coefficient (Wildman–Crippen LogP) is 4.21. The maximum absolute atomic E-state index is 14.4. The van der Waals surface area contributed by atoms with E-state index in [1.54, 1.807) is 47.0 Å². The summed E-state index contributed by atoms with van der Waals surface area (Å²) < 4.78 is 34.6. The SMILES string of the molecule is O=C(CSc1nnc(-c2ccccc2F)n1-c1ccc(F)cc1)NCc1ccco1. The normalized spacial score (nSPS) is 10.9. The molecule has 6 nitrogen and oxygen atoms in total. The number of furan rings is 1. The van der Waals surface area contributed by atoms with Gasteiger partial charge < -0.3 is 9.73 Å². The van der Waals surface area contributed by atoms with E-state index in [0.29, 0.717) is 16.6 Å². The highest BCUT2D eigenvalue weighted by Gasteiger charge is 2.19. The van der Waals surface area contributed by atoms with Crippen LogP contribution in [0, 0.1) is 11.6 Å². The molecule has 0 aliphatic heterocycles. The minimum atomic E-state index is -0.457. The smallest absolute Gasteiger partial charge is 0.230 e. The van der Waals surface area contributed by atoms with Gasteiger partial charge in [-0.2, -0.15) is 0 Å². The zero-order chi connectivity index (χ0) is 20.9. The standard InChI is InChI=1S/C21H16F2N4O2S/c22-14-7-9-15(10-8-14)27-20(17-5-1-2-6-18(17)23)25-26-21(27)30-13-19(28)24-12-16-4-3-11-29-16/h1-11H,12-13H2,(H,24,28). The average molecular weight is 426 g/mol. The predicted molar refractivity (Wildman–Crippen MR) is 108 cm³/mol. The van der Waals surface area contributed by atoms with Crippen molar-refractivity contribution in [3.05, 3.63) is 84.3 Å². The molecule has 1 N–H and O–H groups in total. The quantitative estimate of drug-likeness (QED) is 0.448. The van der Waals surface area contributed by atoms with Crippen LogP contribution in [0.1, 0.15) is 5.76 Å². The second kappa shape index (κ2) is 8.91. The van der Waals surface area contributed by atoms with E-state index in [9.17, 15) is 13.6 Å². The lowest BCUT2D eigenvalue weighted by atomic mass is 10.2. The van der Waals surface area contributed by atoms with E-state index in [1.807, 2.05) is 0 Å². The van der Waals surface area contributed by atoms with Gasteiger partial charge in [0.2, 0.25) is 5.91 Å². The number of hydrogen-bond acceptors (Lipinski definition) is 5. The van der Waals surface area contributed by atoms with Gasteiger partial charge in [0.25, 0.3) is 0 Å². The Morgan fingerprint density at radius 2 is 1.83 bits per heavy atom. The monoisotopic (exact) mass is 426 g/mol. The lowest BCUT2D eigenvalue weighted by molar-refractivity contribution is -0.118. The van der Waals surface area contributed by atoms with Gasteiger partial charge in [-0.25, -0.2) is 8.78 Å². The highest BCUT2D eigenvalue weighted by Crippen LogP contribution is 2.29. The maximum Gasteiger partial charge on any atom is 0.230 e. The summed E-state index contributed by atoms with van der Waals surface area (Å²) in [7, 11) is 0. The van der Waals surface area contributed by atoms with Gasteiger partial charge in [-0.3, -0.25) is 9.36 Å². The molecule has 30 heavy (non-hydrogen) atoms. The molecule has 0 radical (unpaired) electrons. The second-order valence-electron chi connectivity index (χ2n) is 6.24. The lowest BCUT2D eigenvalue weighted by Gasteiger charge is -2.11.